The Kier molecular flexibility index (Phi) is 3.61. The number of fused-ring (bicyclic) bond motifs is 1. The van der Waals surface area contributed by atoms with E-state index in [1.165, 1.54) is 0 Å². The predicted molar refractivity (Wildman–Crippen MR) is 96.1 cm³/mol. The highest BCUT2D eigenvalue weighted by atomic mass is 16.5. The molecule has 124 valence electrons. The summed E-state index contributed by atoms with van der Waals surface area (Å²) in [6.45, 7) is 3.86. The first-order chi connectivity index (χ1) is 12.1. The zero-order valence-corrected chi connectivity index (χ0v) is 13.9. The summed E-state index contributed by atoms with van der Waals surface area (Å²) in [5.41, 5.74) is 4.36. The van der Waals surface area contributed by atoms with Gasteiger partial charge in [0.25, 0.3) is 0 Å². The largest absolute Gasteiger partial charge is 0.464 e. The highest BCUT2D eigenvalue weighted by Crippen LogP contribution is 2.31. The van der Waals surface area contributed by atoms with Crippen molar-refractivity contribution in [3.63, 3.8) is 0 Å². The van der Waals surface area contributed by atoms with Gasteiger partial charge in [-0.15, -0.1) is 0 Å². The van der Waals surface area contributed by atoms with Gasteiger partial charge in [0, 0.05) is 18.0 Å². The average Bonchev–Trinajstić information content (AvgIpc) is 3.04. The van der Waals surface area contributed by atoms with Gasteiger partial charge in [0.1, 0.15) is 11.3 Å². The van der Waals surface area contributed by atoms with E-state index >= 15 is 0 Å². The van der Waals surface area contributed by atoms with E-state index in [1.54, 1.807) is 24.6 Å². The van der Waals surface area contributed by atoms with Gasteiger partial charge in [-0.1, -0.05) is 6.07 Å². The van der Waals surface area contributed by atoms with Gasteiger partial charge in [0.2, 0.25) is 11.4 Å². The van der Waals surface area contributed by atoms with Crippen LogP contribution in [0.15, 0.2) is 64.1 Å². The fourth-order valence-electron chi connectivity index (χ4n) is 2.92. The Bertz CT molecular complexity index is 1130. The molecule has 5 nitrogen and oxygen atoms in total. The number of aromatic nitrogens is 2. The molecule has 0 saturated heterocycles. The minimum Gasteiger partial charge on any atom is -0.464 e. The molecule has 3 heterocycles. The molecule has 0 atom stereocenters. The molecule has 1 aromatic carbocycles. The van der Waals surface area contributed by atoms with Crippen LogP contribution in [-0.4, -0.2) is 9.97 Å². The maximum Gasteiger partial charge on any atom is 0.248 e. The van der Waals surface area contributed by atoms with Crippen molar-refractivity contribution in [1.29, 1.82) is 0 Å². The van der Waals surface area contributed by atoms with Crippen LogP contribution >= 0.6 is 0 Å². The highest BCUT2D eigenvalue weighted by Gasteiger charge is 2.09. The van der Waals surface area contributed by atoms with Crippen LogP contribution in [0.5, 0.6) is 11.6 Å². The Hall–Kier alpha value is -3.34. The maximum atomic E-state index is 11.7. The van der Waals surface area contributed by atoms with Crippen LogP contribution in [-0.2, 0) is 0 Å². The second-order valence-corrected chi connectivity index (χ2v) is 5.94. The first-order valence-corrected chi connectivity index (χ1v) is 7.92. The van der Waals surface area contributed by atoms with E-state index < -0.39 is 0 Å². The van der Waals surface area contributed by atoms with Crippen molar-refractivity contribution in [2.24, 2.45) is 0 Å². The number of hydrogen-bond donors (Lipinski definition) is 1. The molecule has 0 spiro atoms. The summed E-state index contributed by atoms with van der Waals surface area (Å²) < 4.78 is 11.3. The number of ether oxygens (including phenoxy) is 1. The van der Waals surface area contributed by atoms with E-state index in [1.807, 2.05) is 44.2 Å². The van der Waals surface area contributed by atoms with Crippen LogP contribution in [0.25, 0.3) is 22.1 Å². The van der Waals surface area contributed by atoms with Crippen LogP contribution in [0.3, 0.4) is 0 Å². The van der Waals surface area contributed by atoms with Crippen molar-refractivity contribution in [1.82, 2.24) is 9.97 Å². The SMILES string of the molecule is Cc1cc(-c2ccc(Oc3nccc4occc34)cc2C)cc(=O)[nH]1. The molecule has 4 rings (SSSR count). The van der Waals surface area contributed by atoms with Crippen LogP contribution < -0.4 is 10.3 Å². The Morgan fingerprint density at radius 1 is 1.08 bits per heavy atom. The number of nitrogens with zero attached hydrogens (tertiary/aromatic N) is 1. The summed E-state index contributed by atoms with van der Waals surface area (Å²) in [5.74, 6) is 1.19. The van der Waals surface area contributed by atoms with Gasteiger partial charge >= 0.3 is 0 Å². The molecule has 0 radical (unpaired) electrons. The Balaban J connectivity index is 1.70. The smallest absolute Gasteiger partial charge is 0.248 e. The Morgan fingerprint density at radius 3 is 2.76 bits per heavy atom. The molecule has 0 amide bonds. The zero-order chi connectivity index (χ0) is 17.4. The van der Waals surface area contributed by atoms with E-state index in [0.717, 1.165) is 33.4 Å². The lowest BCUT2D eigenvalue weighted by Crippen LogP contribution is -2.05. The number of benzene rings is 1. The number of pyridine rings is 2. The van der Waals surface area contributed by atoms with Crippen LogP contribution in [0, 0.1) is 13.8 Å². The van der Waals surface area contributed by atoms with Crippen molar-refractivity contribution in [3.05, 3.63) is 76.5 Å². The van der Waals surface area contributed by atoms with Crippen molar-refractivity contribution >= 4 is 11.0 Å². The third kappa shape index (κ3) is 2.92. The van der Waals surface area contributed by atoms with Crippen molar-refractivity contribution in [2.45, 2.75) is 13.8 Å². The van der Waals surface area contributed by atoms with Gasteiger partial charge in [-0.3, -0.25) is 4.79 Å². The quantitative estimate of drug-likeness (QED) is 0.596. The van der Waals surface area contributed by atoms with Gasteiger partial charge in [-0.2, -0.15) is 0 Å². The minimum absolute atomic E-state index is 0.106. The summed E-state index contributed by atoms with van der Waals surface area (Å²) in [4.78, 5) is 18.7. The normalized spacial score (nSPS) is 11.0. The lowest BCUT2D eigenvalue weighted by atomic mass is 10.0. The zero-order valence-electron chi connectivity index (χ0n) is 13.9. The minimum atomic E-state index is -0.106. The fourth-order valence-corrected chi connectivity index (χ4v) is 2.92. The third-order valence-electron chi connectivity index (χ3n) is 4.05. The second kappa shape index (κ2) is 5.94. The highest BCUT2D eigenvalue weighted by molar-refractivity contribution is 5.82. The molecule has 0 aliphatic rings. The van der Waals surface area contributed by atoms with Gasteiger partial charge in [0.15, 0.2) is 0 Å². The molecule has 5 heteroatoms. The number of aromatic amines is 1. The van der Waals surface area contributed by atoms with E-state index in [0.29, 0.717) is 11.6 Å². The molecule has 1 N–H and O–H groups in total. The van der Waals surface area contributed by atoms with Crippen LogP contribution in [0.4, 0.5) is 0 Å². The van der Waals surface area contributed by atoms with Crippen LogP contribution in [0.1, 0.15) is 11.3 Å². The molecular weight excluding hydrogens is 316 g/mol. The van der Waals surface area contributed by atoms with Crippen molar-refractivity contribution in [3.8, 4) is 22.8 Å². The van der Waals surface area contributed by atoms with Gasteiger partial charge in [-0.25, -0.2) is 4.98 Å². The lowest BCUT2D eigenvalue weighted by molar-refractivity contribution is 0.468. The number of nitrogens with one attached hydrogen (secondary N) is 1. The molecule has 0 unspecified atom stereocenters. The van der Waals surface area contributed by atoms with E-state index in [4.69, 9.17) is 9.15 Å². The van der Waals surface area contributed by atoms with Gasteiger partial charge in [-0.05, 0) is 60.9 Å². The van der Waals surface area contributed by atoms with Crippen LogP contribution in [0.2, 0.25) is 0 Å². The van der Waals surface area contributed by atoms with E-state index in [-0.39, 0.29) is 5.56 Å². The third-order valence-corrected chi connectivity index (χ3v) is 4.05. The van der Waals surface area contributed by atoms with Gasteiger partial charge < -0.3 is 14.1 Å². The van der Waals surface area contributed by atoms with E-state index in [9.17, 15) is 4.79 Å². The number of hydrogen-bond acceptors (Lipinski definition) is 4. The molecule has 25 heavy (non-hydrogen) atoms. The molecular formula is C20H16N2O3. The molecule has 0 bridgehead atoms. The summed E-state index contributed by atoms with van der Waals surface area (Å²) in [7, 11) is 0. The second-order valence-electron chi connectivity index (χ2n) is 5.94. The number of H-pyrrole nitrogens is 1. The maximum absolute atomic E-state index is 11.7. The summed E-state index contributed by atoms with van der Waals surface area (Å²) in [6.07, 6.45) is 3.27. The topological polar surface area (TPSA) is 68.1 Å². The fraction of sp³-hybridized carbons (Fsp3) is 0.100. The first-order valence-electron chi connectivity index (χ1n) is 7.92. The molecule has 3 aromatic heterocycles. The van der Waals surface area contributed by atoms with Crippen molar-refractivity contribution in [2.75, 3.05) is 0 Å². The number of aryl methyl sites for hydroxylation is 2. The molecule has 0 aliphatic carbocycles. The predicted octanol–water partition coefficient (Wildman–Crippen LogP) is 4.59. The lowest BCUT2D eigenvalue weighted by Gasteiger charge is -2.10. The number of furan rings is 1. The molecule has 0 saturated carbocycles. The first kappa shape index (κ1) is 15.2. The molecule has 0 fully saturated rings. The van der Waals surface area contributed by atoms with Gasteiger partial charge in [0.05, 0.1) is 11.6 Å². The molecule has 4 aromatic rings. The number of rotatable bonds is 3. The van der Waals surface area contributed by atoms with E-state index in [2.05, 4.69) is 9.97 Å². The summed E-state index contributed by atoms with van der Waals surface area (Å²) >= 11 is 0. The Morgan fingerprint density at radius 2 is 1.96 bits per heavy atom. The standard InChI is InChI=1S/C20H16N2O3/c1-12-9-15(25-20-17-6-8-24-18(17)5-7-21-20)3-4-16(12)14-10-13(2)22-19(23)11-14/h3-11H,1-2H3,(H,22,23). The average molecular weight is 332 g/mol. The summed E-state index contributed by atoms with van der Waals surface area (Å²) in [5, 5.41) is 0.828. The van der Waals surface area contributed by atoms with Crippen molar-refractivity contribution < 1.29 is 9.15 Å². The summed E-state index contributed by atoms with van der Waals surface area (Å²) in [6, 6.07) is 13.0. The molecule has 0 aliphatic heterocycles. The monoisotopic (exact) mass is 332 g/mol. The Labute approximate surface area is 143 Å².